The Hall–Kier alpha value is -1.30. The summed E-state index contributed by atoms with van der Waals surface area (Å²) in [5.41, 5.74) is 2.80. The Morgan fingerprint density at radius 1 is 1.20 bits per heavy atom. The van der Waals surface area contributed by atoms with Crippen LogP contribution in [0.15, 0.2) is 24.3 Å². The van der Waals surface area contributed by atoms with Crippen LogP contribution >= 0.6 is 0 Å². The molecule has 2 N–H and O–H groups in total. The highest BCUT2D eigenvalue weighted by Crippen LogP contribution is 2.32. The molecule has 0 spiro atoms. The molecule has 0 heterocycles. The van der Waals surface area contributed by atoms with E-state index in [0.717, 1.165) is 18.5 Å². The minimum atomic E-state index is 0.131. The molecule has 2 rings (SSSR count). The van der Waals surface area contributed by atoms with Crippen LogP contribution < -0.4 is 10.6 Å². The fraction of sp³-hybridized carbons (Fsp3) is 0.556. The molecule has 1 aromatic rings. The quantitative estimate of drug-likeness (QED) is 0.804. The van der Waals surface area contributed by atoms with Crippen molar-refractivity contribution in [1.29, 1.82) is 0 Å². The minimum Gasteiger partial charge on any atom is -0.317 e. The summed E-state index contributed by atoms with van der Waals surface area (Å²) in [5.74, 6) is 3.43. The number of benzene rings is 1. The summed E-state index contributed by atoms with van der Waals surface area (Å²) in [5, 5.41) is 6.71. The van der Waals surface area contributed by atoms with Gasteiger partial charge >= 0.3 is 0 Å². The van der Waals surface area contributed by atoms with Crippen LogP contribution in [0.3, 0.4) is 0 Å². The van der Waals surface area contributed by atoms with E-state index in [1.807, 2.05) is 6.92 Å². The second-order valence-electron chi connectivity index (χ2n) is 5.85. The molecule has 0 aromatic heterocycles. The van der Waals surface area contributed by atoms with E-state index in [1.54, 1.807) is 0 Å². The molecule has 1 aliphatic rings. The molecule has 0 aliphatic heterocycles. The standard InChI is InChI=1S/C18H26N2/c1-4-14(2)20-13-15-5-7-16(8-6-15)17-9-11-18(19-3)12-10-17/h1,5-8,14,17-20H,9-13H2,2-3H3. The lowest BCUT2D eigenvalue weighted by molar-refractivity contribution is 0.358. The summed E-state index contributed by atoms with van der Waals surface area (Å²) < 4.78 is 0. The number of terminal acetylenes is 1. The minimum absolute atomic E-state index is 0.131. The van der Waals surface area contributed by atoms with Crippen LogP contribution in [0.4, 0.5) is 0 Å². The smallest absolute Gasteiger partial charge is 0.0660 e. The maximum atomic E-state index is 5.36. The average molecular weight is 270 g/mol. The summed E-state index contributed by atoms with van der Waals surface area (Å²) in [6.07, 6.45) is 10.6. The predicted octanol–water partition coefficient (Wildman–Crippen LogP) is 3.04. The maximum absolute atomic E-state index is 5.36. The van der Waals surface area contributed by atoms with Gasteiger partial charge in [0.1, 0.15) is 0 Å². The van der Waals surface area contributed by atoms with Crippen molar-refractivity contribution in [2.75, 3.05) is 7.05 Å². The summed E-state index contributed by atoms with van der Waals surface area (Å²) >= 11 is 0. The summed E-state index contributed by atoms with van der Waals surface area (Å²) in [6.45, 7) is 2.85. The van der Waals surface area contributed by atoms with Gasteiger partial charge in [0.25, 0.3) is 0 Å². The van der Waals surface area contributed by atoms with Crippen molar-refractivity contribution in [3.05, 3.63) is 35.4 Å². The van der Waals surface area contributed by atoms with Gasteiger partial charge in [-0.25, -0.2) is 0 Å². The number of rotatable bonds is 5. The molecule has 0 bridgehead atoms. The Kier molecular flexibility index (Phi) is 5.64. The predicted molar refractivity (Wildman–Crippen MR) is 85.6 cm³/mol. The molecule has 1 atom stereocenters. The normalized spacial score (nSPS) is 24.1. The van der Waals surface area contributed by atoms with Crippen LogP contribution in [0, 0.1) is 12.3 Å². The number of hydrogen-bond acceptors (Lipinski definition) is 2. The molecule has 20 heavy (non-hydrogen) atoms. The average Bonchev–Trinajstić information content (AvgIpc) is 2.53. The SMILES string of the molecule is C#CC(C)NCc1ccc(C2CCC(NC)CC2)cc1. The molecule has 1 aromatic carbocycles. The Balaban J connectivity index is 1.87. The molecule has 1 unspecified atom stereocenters. The molecule has 1 saturated carbocycles. The van der Waals surface area contributed by atoms with Gasteiger partial charge < -0.3 is 5.32 Å². The maximum Gasteiger partial charge on any atom is 0.0660 e. The highest BCUT2D eigenvalue weighted by atomic mass is 14.9. The van der Waals surface area contributed by atoms with E-state index in [0.29, 0.717) is 0 Å². The van der Waals surface area contributed by atoms with Crippen LogP contribution in [0.1, 0.15) is 49.7 Å². The van der Waals surface area contributed by atoms with Gasteiger partial charge in [-0.05, 0) is 56.7 Å². The van der Waals surface area contributed by atoms with E-state index in [1.165, 1.54) is 36.8 Å². The van der Waals surface area contributed by atoms with Gasteiger partial charge in [0.2, 0.25) is 0 Å². The second-order valence-corrected chi connectivity index (χ2v) is 5.85. The van der Waals surface area contributed by atoms with Gasteiger partial charge in [0.05, 0.1) is 6.04 Å². The van der Waals surface area contributed by atoms with Crippen molar-refractivity contribution < 1.29 is 0 Å². The first-order chi connectivity index (χ1) is 9.72. The lowest BCUT2D eigenvalue weighted by Gasteiger charge is -2.28. The Labute approximate surface area is 123 Å². The van der Waals surface area contributed by atoms with E-state index in [9.17, 15) is 0 Å². The van der Waals surface area contributed by atoms with Gasteiger partial charge in [-0.1, -0.05) is 30.2 Å². The highest BCUT2D eigenvalue weighted by Gasteiger charge is 2.20. The fourth-order valence-corrected chi connectivity index (χ4v) is 2.95. The first-order valence-electron chi connectivity index (χ1n) is 7.68. The summed E-state index contributed by atoms with van der Waals surface area (Å²) in [7, 11) is 2.07. The lowest BCUT2D eigenvalue weighted by atomic mass is 9.81. The van der Waals surface area contributed by atoms with Gasteiger partial charge in [-0.2, -0.15) is 0 Å². The van der Waals surface area contributed by atoms with Gasteiger partial charge in [0, 0.05) is 12.6 Å². The van der Waals surface area contributed by atoms with E-state index in [4.69, 9.17) is 6.42 Å². The monoisotopic (exact) mass is 270 g/mol. The van der Waals surface area contributed by atoms with Crippen molar-refractivity contribution in [3.63, 3.8) is 0 Å². The van der Waals surface area contributed by atoms with Crippen LogP contribution in [0.5, 0.6) is 0 Å². The summed E-state index contributed by atoms with van der Waals surface area (Å²) in [6, 6.07) is 9.90. The molecule has 2 nitrogen and oxygen atoms in total. The topological polar surface area (TPSA) is 24.1 Å². The van der Waals surface area contributed by atoms with Crippen LogP contribution in [-0.2, 0) is 6.54 Å². The first kappa shape index (κ1) is 15.1. The van der Waals surface area contributed by atoms with Crippen molar-refractivity contribution in [1.82, 2.24) is 10.6 Å². The first-order valence-corrected chi connectivity index (χ1v) is 7.68. The van der Waals surface area contributed by atoms with Crippen molar-refractivity contribution >= 4 is 0 Å². The number of nitrogens with one attached hydrogen (secondary N) is 2. The Morgan fingerprint density at radius 3 is 2.40 bits per heavy atom. The van der Waals surface area contributed by atoms with Crippen molar-refractivity contribution in [3.8, 4) is 12.3 Å². The molecule has 1 aliphatic carbocycles. The lowest BCUT2D eigenvalue weighted by Crippen LogP contribution is -2.29. The summed E-state index contributed by atoms with van der Waals surface area (Å²) in [4.78, 5) is 0. The van der Waals surface area contributed by atoms with Crippen molar-refractivity contribution in [2.24, 2.45) is 0 Å². The Morgan fingerprint density at radius 2 is 1.85 bits per heavy atom. The van der Waals surface area contributed by atoms with E-state index >= 15 is 0 Å². The molecule has 2 heteroatoms. The number of hydrogen-bond donors (Lipinski definition) is 2. The highest BCUT2D eigenvalue weighted by molar-refractivity contribution is 5.26. The van der Waals surface area contributed by atoms with Crippen LogP contribution in [0.25, 0.3) is 0 Å². The zero-order valence-electron chi connectivity index (χ0n) is 12.7. The van der Waals surface area contributed by atoms with Crippen molar-refractivity contribution in [2.45, 2.75) is 57.2 Å². The van der Waals surface area contributed by atoms with Crippen LogP contribution in [0.2, 0.25) is 0 Å². The van der Waals surface area contributed by atoms with Crippen LogP contribution in [-0.4, -0.2) is 19.1 Å². The molecule has 108 valence electrons. The zero-order chi connectivity index (χ0) is 14.4. The zero-order valence-corrected chi connectivity index (χ0v) is 12.7. The third kappa shape index (κ3) is 4.10. The van der Waals surface area contributed by atoms with E-state index < -0.39 is 0 Å². The molecular formula is C18H26N2. The molecular weight excluding hydrogens is 244 g/mol. The van der Waals surface area contributed by atoms with E-state index in [-0.39, 0.29) is 6.04 Å². The molecule has 0 radical (unpaired) electrons. The van der Waals surface area contributed by atoms with E-state index in [2.05, 4.69) is 47.9 Å². The Bertz CT molecular complexity index is 435. The fourth-order valence-electron chi connectivity index (χ4n) is 2.95. The largest absolute Gasteiger partial charge is 0.317 e. The second kappa shape index (κ2) is 7.47. The third-order valence-corrected chi connectivity index (χ3v) is 4.45. The molecule has 0 amide bonds. The molecule has 0 saturated heterocycles. The molecule has 1 fully saturated rings. The van der Waals surface area contributed by atoms with Gasteiger partial charge in [-0.3, -0.25) is 5.32 Å². The third-order valence-electron chi connectivity index (χ3n) is 4.45. The van der Waals surface area contributed by atoms with Gasteiger partial charge in [0.15, 0.2) is 0 Å². The van der Waals surface area contributed by atoms with Gasteiger partial charge in [-0.15, -0.1) is 6.42 Å².